The molecule has 0 aliphatic rings. The Morgan fingerprint density at radius 1 is 1.50 bits per heavy atom. The first-order valence-corrected chi connectivity index (χ1v) is 2.36. The van der Waals surface area contributed by atoms with E-state index in [9.17, 15) is 0 Å². The van der Waals surface area contributed by atoms with Crippen LogP contribution in [-0.4, -0.2) is 0 Å². The molecular weight excluding hydrogens is 72.1 g/mol. The van der Waals surface area contributed by atoms with Gasteiger partial charge in [-0.2, -0.15) is 0 Å². The molecule has 0 heterocycles. The van der Waals surface area contributed by atoms with E-state index in [2.05, 4.69) is 26.0 Å². The predicted octanol–water partition coefficient (Wildman–Crippen LogP) is 2.18. The number of rotatable bonds is 2. The standard InChI is InChI=1S/C6H11/c1-3-5-6-4-2/h5-6H,1,3-4H2,2H3/q+1. The summed E-state index contributed by atoms with van der Waals surface area (Å²) in [7, 11) is 0. The Kier molecular flexibility index (Phi) is 4.31. The van der Waals surface area contributed by atoms with Gasteiger partial charge in [0.1, 0.15) is 6.42 Å². The van der Waals surface area contributed by atoms with Crippen molar-refractivity contribution >= 4 is 0 Å². The van der Waals surface area contributed by atoms with Crippen molar-refractivity contribution in [2.45, 2.75) is 19.8 Å². The second-order valence-corrected chi connectivity index (χ2v) is 1.17. The van der Waals surface area contributed by atoms with Crippen molar-refractivity contribution in [3.8, 4) is 0 Å². The summed E-state index contributed by atoms with van der Waals surface area (Å²) in [5.74, 6) is 0. The van der Waals surface area contributed by atoms with Gasteiger partial charge in [0.2, 0.25) is 0 Å². The molecule has 0 saturated carbocycles. The molecule has 0 fully saturated rings. The SMILES string of the molecule is [CH2+]CC=CCC. The highest BCUT2D eigenvalue weighted by Crippen LogP contribution is 1.80. The summed E-state index contributed by atoms with van der Waals surface area (Å²) in [5, 5.41) is 0. The van der Waals surface area contributed by atoms with E-state index in [0.29, 0.717) is 0 Å². The zero-order chi connectivity index (χ0) is 4.83. The first-order chi connectivity index (χ1) is 2.91. The Hall–Kier alpha value is -0.390. The summed E-state index contributed by atoms with van der Waals surface area (Å²) in [6.07, 6.45) is 6.25. The smallest absolute Gasteiger partial charge is 0.0846 e. The normalized spacial score (nSPS) is 10.2. The van der Waals surface area contributed by atoms with Gasteiger partial charge in [0.15, 0.2) is 0 Å². The molecule has 6 heavy (non-hydrogen) atoms. The van der Waals surface area contributed by atoms with Gasteiger partial charge in [0.25, 0.3) is 0 Å². The van der Waals surface area contributed by atoms with Crippen LogP contribution >= 0.6 is 0 Å². The van der Waals surface area contributed by atoms with Crippen LogP contribution in [0.3, 0.4) is 0 Å². The van der Waals surface area contributed by atoms with Crippen molar-refractivity contribution < 1.29 is 0 Å². The molecule has 0 aliphatic heterocycles. The molecule has 0 aromatic rings. The van der Waals surface area contributed by atoms with E-state index < -0.39 is 0 Å². The van der Waals surface area contributed by atoms with Crippen molar-refractivity contribution in [3.05, 3.63) is 19.1 Å². The van der Waals surface area contributed by atoms with Crippen molar-refractivity contribution in [2.75, 3.05) is 0 Å². The number of hydrogen-bond donors (Lipinski definition) is 0. The Bertz CT molecular complexity index is 29.3. The molecule has 0 bridgehead atoms. The summed E-state index contributed by atoms with van der Waals surface area (Å²) >= 11 is 0. The second-order valence-electron chi connectivity index (χ2n) is 1.17. The van der Waals surface area contributed by atoms with Crippen LogP contribution in [0.1, 0.15) is 19.8 Å². The fraction of sp³-hybridized carbons (Fsp3) is 0.500. The number of hydrogen-bond acceptors (Lipinski definition) is 0. The van der Waals surface area contributed by atoms with E-state index in [4.69, 9.17) is 0 Å². The van der Waals surface area contributed by atoms with Crippen LogP contribution in [0.2, 0.25) is 0 Å². The van der Waals surface area contributed by atoms with E-state index in [-0.39, 0.29) is 0 Å². The molecule has 0 amide bonds. The van der Waals surface area contributed by atoms with Crippen molar-refractivity contribution in [1.29, 1.82) is 0 Å². The molecule has 0 aromatic heterocycles. The molecule has 0 aromatic carbocycles. The lowest BCUT2D eigenvalue weighted by Crippen LogP contribution is -1.51. The fourth-order valence-corrected chi connectivity index (χ4v) is 0.285. The zero-order valence-electron chi connectivity index (χ0n) is 4.28. The quantitative estimate of drug-likeness (QED) is 0.354. The van der Waals surface area contributed by atoms with E-state index in [1.54, 1.807) is 0 Å². The van der Waals surface area contributed by atoms with Gasteiger partial charge < -0.3 is 0 Å². The molecule has 0 aliphatic carbocycles. The topological polar surface area (TPSA) is 0 Å². The summed E-state index contributed by atoms with van der Waals surface area (Å²) in [5.41, 5.74) is 0. The maximum atomic E-state index is 3.64. The summed E-state index contributed by atoms with van der Waals surface area (Å²) < 4.78 is 0. The Morgan fingerprint density at radius 3 is 2.33 bits per heavy atom. The monoisotopic (exact) mass is 83.1 g/mol. The van der Waals surface area contributed by atoms with Crippen molar-refractivity contribution in [3.63, 3.8) is 0 Å². The van der Waals surface area contributed by atoms with Crippen LogP contribution in [-0.2, 0) is 0 Å². The molecule has 0 rings (SSSR count). The van der Waals surface area contributed by atoms with Crippen LogP contribution in [0.4, 0.5) is 0 Å². The third-order valence-electron chi connectivity index (χ3n) is 0.569. The summed E-state index contributed by atoms with van der Waals surface area (Å²) in [4.78, 5) is 0. The Balaban J connectivity index is 2.73. The van der Waals surface area contributed by atoms with E-state index in [1.807, 2.05) is 0 Å². The van der Waals surface area contributed by atoms with Gasteiger partial charge in [0.05, 0.1) is 6.92 Å². The summed E-state index contributed by atoms with van der Waals surface area (Å²) in [6, 6.07) is 0. The molecule has 0 N–H and O–H groups in total. The van der Waals surface area contributed by atoms with E-state index in [0.717, 1.165) is 12.8 Å². The van der Waals surface area contributed by atoms with Crippen LogP contribution in [0.5, 0.6) is 0 Å². The van der Waals surface area contributed by atoms with Gasteiger partial charge in [0, 0.05) is 0 Å². The highest BCUT2D eigenvalue weighted by molar-refractivity contribution is 4.80. The van der Waals surface area contributed by atoms with Crippen LogP contribution in [0.25, 0.3) is 0 Å². The van der Waals surface area contributed by atoms with Gasteiger partial charge in [-0.3, -0.25) is 0 Å². The fourth-order valence-electron chi connectivity index (χ4n) is 0.285. The van der Waals surface area contributed by atoms with Gasteiger partial charge in [-0.05, 0) is 12.5 Å². The van der Waals surface area contributed by atoms with Crippen LogP contribution < -0.4 is 0 Å². The minimum absolute atomic E-state index is 0.924. The van der Waals surface area contributed by atoms with Crippen molar-refractivity contribution in [2.24, 2.45) is 0 Å². The number of allylic oxidation sites excluding steroid dienone is 2. The average Bonchev–Trinajstić information content (AvgIpc) is 1.61. The molecule has 0 heteroatoms. The van der Waals surface area contributed by atoms with Crippen LogP contribution in [0.15, 0.2) is 12.2 Å². The Labute approximate surface area is 39.9 Å². The molecule has 0 nitrogen and oxygen atoms in total. The maximum absolute atomic E-state index is 3.64. The third kappa shape index (κ3) is 3.61. The highest BCUT2D eigenvalue weighted by atomic mass is 13.7. The lowest BCUT2D eigenvalue weighted by atomic mass is 10.4. The molecule has 0 unspecified atom stereocenters. The molecule has 0 radical (unpaired) electrons. The first-order valence-electron chi connectivity index (χ1n) is 2.36. The summed E-state index contributed by atoms with van der Waals surface area (Å²) in [6.45, 7) is 5.75. The molecular formula is C6H11+. The third-order valence-corrected chi connectivity index (χ3v) is 0.569. The van der Waals surface area contributed by atoms with Gasteiger partial charge in [-0.15, -0.1) is 0 Å². The van der Waals surface area contributed by atoms with Gasteiger partial charge >= 0.3 is 0 Å². The zero-order valence-corrected chi connectivity index (χ0v) is 4.28. The van der Waals surface area contributed by atoms with Gasteiger partial charge in [-0.1, -0.05) is 13.0 Å². The van der Waals surface area contributed by atoms with Crippen molar-refractivity contribution in [1.82, 2.24) is 0 Å². The largest absolute Gasteiger partial charge is 0.103 e. The highest BCUT2D eigenvalue weighted by Gasteiger charge is 1.65. The first kappa shape index (κ1) is 5.61. The van der Waals surface area contributed by atoms with E-state index >= 15 is 0 Å². The minimum atomic E-state index is 0.924. The molecule has 0 spiro atoms. The molecule has 34 valence electrons. The van der Waals surface area contributed by atoms with E-state index in [1.165, 1.54) is 0 Å². The second kappa shape index (κ2) is 4.61. The molecule has 0 saturated heterocycles. The average molecular weight is 83.2 g/mol. The Morgan fingerprint density at radius 2 is 2.17 bits per heavy atom. The van der Waals surface area contributed by atoms with Crippen LogP contribution in [0, 0.1) is 6.92 Å². The lowest BCUT2D eigenvalue weighted by Gasteiger charge is -1.68. The molecule has 0 atom stereocenters. The minimum Gasteiger partial charge on any atom is -0.0846 e. The maximum Gasteiger partial charge on any atom is 0.103 e. The predicted molar refractivity (Wildman–Crippen MR) is 29.4 cm³/mol. The lowest BCUT2D eigenvalue weighted by molar-refractivity contribution is 1.20. The van der Waals surface area contributed by atoms with Gasteiger partial charge in [-0.25, -0.2) is 0 Å².